The number of nitrogens with one attached hydrogen (secondary N) is 3. The monoisotopic (exact) mass is 605 g/mol. The van der Waals surface area contributed by atoms with Gasteiger partial charge in [-0.2, -0.15) is 0 Å². The Hall–Kier alpha value is -3.83. The summed E-state index contributed by atoms with van der Waals surface area (Å²) in [6.45, 7) is 10.3. The maximum atomic E-state index is 14.0. The Bertz CT molecular complexity index is 1450. The van der Waals surface area contributed by atoms with Crippen molar-refractivity contribution in [3.63, 3.8) is 0 Å². The van der Waals surface area contributed by atoms with Crippen molar-refractivity contribution in [2.75, 3.05) is 19.8 Å². The topological polar surface area (TPSA) is 139 Å². The van der Waals surface area contributed by atoms with E-state index >= 15 is 0 Å². The number of pyridine rings is 1. The average Bonchev–Trinajstić information content (AvgIpc) is 3.57. The minimum absolute atomic E-state index is 0.0874. The molecule has 6 unspecified atom stereocenters. The third kappa shape index (κ3) is 6.63. The molecule has 0 radical (unpaired) electrons. The standard InChI is InChI=1S/C33H43N5O6/c1-19(2)28-29(39)34-20(3)30(40)38-15-6-7-26(37-38)31(41)44-21(4)25-11-10-23-9-8-22(17-27(23)35-25)12-14-33(5,32(42)36-28)24-13-16-43-18-24/h8-12,14,17,19-21,24,26,28,37H,6-7,13,15-16,18H2,1-5H3,(H,34,39)(H,36,42). The molecule has 11 heteroatoms. The quantitative estimate of drug-likeness (QED) is 0.444. The second kappa shape index (κ2) is 13.0. The van der Waals surface area contributed by atoms with Gasteiger partial charge in [-0.3, -0.25) is 24.2 Å². The molecule has 0 spiro atoms. The van der Waals surface area contributed by atoms with Crippen molar-refractivity contribution in [2.24, 2.45) is 17.3 Å². The van der Waals surface area contributed by atoms with Crippen LogP contribution in [-0.2, 0) is 28.7 Å². The van der Waals surface area contributed by atoms with E-state index in [9.17, 15) is 19.2 Å². The van der Waals surface area contributed by atoms with Crippen LogP contribution in [0.15, 0.2) is 36.4 Å². The molecule has 5 bridgehead atoms. The summed E-state index contributed by atoms with van der Waals surface area (Å²) in [5.41, 5.74) is 4.21. The molecule has 11 nitrogen and oxygen atoms in total. The van der Waals surface area contributed by atoms with Crippen LogP contribution in [0.2, 0.25) is 0 Å². The number of cyclic esters (lactones) is 1. The highest BCUT2D eigenvalue weighted by atomic mass is 16.5. The Morgan fingerprint density at radius 2 is 1.82 bits per heavy atom. The maximum Gasteiger partial charge on any atom is 0.325 e. The van der Waals surface area contributed by atoms with E-state index in [1.807, 2.05) is 63.3 Å². The molecule has 5 rings (SSSR count). The molecule has 3 aliphatic heterocycles. The van der Waals surface area contributed by atoms with Crippen molar-refractivity contribution in [3.8, 4) is 0 Å². The zero-order valence-electron chi connectivity index (χ0n) is 26.1. The van der Waals surface area contributed by atoms with E-state index in [0.717, 1.165) is 16.5 Å². The molecular formula is C33H43N5O6. The van der Waals surface area contributed by atoms with Crippen molar-refractivity contribution in [1.29, 1.82) is 0 Å². The van der Waals surface area contributed by atoms with Gasteiger partial charge < -0.3 is 20.1 Å². The highest BCUT2D eigenvalue weighted by Crippen LogP contribution is 2.37. The zero-order valence-corrected chi connectivity index (χ0v) is 26.1. The highest BCUT2D eigenvalue weighted by Gasteiger charge is 2.43. The molecule has 2 saturated heterocycles. The first kappa shape index (κ1) is 31.6. The molecule has 6 atom stereocenters. The van der Waals surface area contributed by atoms with Crippen LogP contribution in [0.4, 0.5) is 0 Å². The lowest BCUT2D eigenvalue weighted by Gasteiger charge is -2.35. The lowest BCUT2D eigenvalue weighted by Crippen LogP contribution is -2.61. The smallest absolute Gasteiger partial charge is 0.325 e. The fourth-order valence-corrected chi connectivity index (χ4v) is 6.02. The van der Waals surface area contributed by atoms with E-state index in [1.54, 1.807) is 13.8 Å². The number of ether oxygens (including phenoxy) is 2. The Morgan fingerprint density at radius 1 is 1.05 bits per heavy atom. The van der Waals surface area contributed by atoms with Crippen LogP contribution in [0.1, 0.15) is 71.2 Å². The van der Waals surface area contributed by atoms with Crippen LogP contribution in [0.3, 0.4) is 0 Å². The fraction of sp³-hybridized carbons (Fsp3) is 0.545. The molecule has 4 heterocycles. The van der Waals surface area contributed by atoms with Crippen LogP contribution < -0.4 is 16.1 Å². The number of rotatable bonds is 2. The van der Waals surface area contributed by atoms with Crippen molar-refractivity contribution in [1.82, 2.24) is 26.1 Å². The number of carbonyl (C=O) groups is 4. The van der Waals surface area contributed by atoms with Gasteiger partial charge in [-0.15, -0.1) is 0 Å². The van der Waals surface area contributed by atoms with Crippen LogP contribution in [0, 0.1) is 17.3 Å². The summed E-state index contributed by atoms with van der Waals surface area (Å²) in [6, 6.07) is 7.16. The average molecular weight is 606 g/mol. The lowest BCUT2D eigenvalue weighted by atomic mass is 9.74. The number of hydrogen-bond donors (Lipinski definition) is 3. The SMILES string of the molecule is CC1NC(=O)C(C(C)C)NC(=O)C(C)(C2CCOC2)C=Cc2ccc3ccc(nc3c2)C(C)OC(=O)C2CCCN(N2)C1=O. The first-order chi connectivity index (χ1) is 21.0. The molecule has 3 amide bonds. The van der Waals surface area contributed by atoms with Crippen LogP contribution >= 0.6 is 0 Å². The van der Waals surface area contributed by atoms with Gasteiger partial charge in [0.05, 0.1) is 23.2 Å². The number of nitrogens with zero attached hydrogens (tertiary/aromatic N) is 2. The minimum Gasteiger partial charge on any atom is -0.455 e. The van der Waals surface area contributed by atoms with E-state index in [0.29, 0.717) is 44.7 Å². The molecule has 236 valence electrons. The van der Waals surface area contributed by atoms with Crippen LogP contribution in [-0.4, -0.2) is 71.6 Å². The predicted molar refractivity (Wildman–Crippen MR) is 165 cm³/mol. The Labute approximate surface area is 258 Å². The lowest BCUT2D eigenvalue weighted by molar-refractivity contribution is -0.157. The van der Waals surface area contributed by atoms with Gasteiger partial charge in [0.25, 0.3) is 5.91 Å². The number of esters is 1. The molecule has 2 fully saturated rings. The molecule has 2 aromatic rings. The summed E-state index contributed by atoms with van der Waals surface area (Å²) >= 11 is 0. The third-order valence-electron chi connectivity index (χ3n) is 9.04. The van der Waals surface area contributed by atoms with Gasteiger partial charge in [-0.1, -0.05) is 44.2 Å². The first-order valence-electron chi connectivity index (χ1n) is 15.5. The van der Waals surface area contributed by atoms with Gasteiger partial charge in [0.15, 0.2) is 0 Å². The van der Waals surface area contributed by atoms with E-state index < -0.39 is 41.5 Å². The van der Waals surface area contributed by atoms with Gasteiger partial charge in [-0.25, -0.2) is 10.4 Å². The second-order valence-corrected chi connectivity index (χ2v) is 12.7. The van der Waals surface area contributed by atoms with E-state index in [1.165, 1.54) is 5.01 Å². The summed E-state index contributed by atoms with van der Waals surface area (Å²) in [4.78, 5) is 58.8. The first-order valence-corrected chi connectivity index (χ1v) is 15.5. The van der Waals surface area contributed by atoms with E-state index in [-0.39, 0.29) is 23.7 Å². The number of fused-ring (bicyclic) bond motifs is 4. The molecule has 0 saturated carbocycles. The Balaban J connectivity index is 1.54. The summed E-state index contributed by atoms with van der Waals surface area (Å²) in [6.07, 6.45) is 4.98. The maximum absolute atomic E-state index is 14.0. The molecule has 0 aliphatic carbocycles. The number of carbonyl (C=O) groups excluding carboxylic acids is 4. The van der Waals surface area contributed by atoms with Gasteiger partial charge in [0, 0.05) is 24.5 Å². The molecule has 44 heavy (non-hydrogen) atoms. The number of amides is 3. The number of hydrazine groups is 1. The molecular weight excluding hydrogens is 562 g/mol. The highest BCUT2D eigenvalue weighted by molar-refractivity contribution is 5.94. The van der Waals surface area contributed by atoms with Gasteiger partial charge in [-0.05, 0) is 63.6 Å². The largest absolute Gasteiger partial charge is 0.455 e. The van der Waals surface area contributed by atoms with Crippen LogP contribution in [0.5, 0.6) is 0 Å². The number of hydrogen-bond acceptors (Lipinski definition) is 8. The summed E-state index contributed by atoms with van der Waals surface area (Å²) in [5.74, 6) is -1.93. The van der Waals surface area contributed by atoms with Crippen molar-refractivity contribution in [3.05, 3.63) is 47.7 Å². The summed E-state index contributed by atoms with van der Waals surface area (Å²) < 4.78 is 11.5. The summed E-state index contributed by atoms with van der Waals surface area (Å²) in [5, 5.41) is 8.08. The fourth-order valence-electron chi connectivity index (χ4n) is 6.02. The van der Waals surface area contributed by atoms with Crippen LogP contribution in [0.25, 0.3) is 17.0 Å². The van der Waals surface area contributed by atoms with Gasteiger partial charge in [0.1, 0.15) is 24.2 Å². The van der Waals surface area contributed by atoms with Gasteiger partial charge >= 0.3 is 5.97 Å². The predicted octanol–water partition coefficient (Wildman–Crippen LogP) is 3.05. The van der Waals surface area contributed by atoms with E-state index in [2.05, 4.69) is 16.1 Å². The van der Waals surface area contributed by atoms with Gasteiger partial charge in [0.2, 0.25) is 11.8 Å². The Morgan fingerprint density at radius 3 is 2.55 bits per heavy atom. The molecule has 3 N–H and O–H groups in total. The normalized spacial score (nSPS) is 30.8. The third-order valence-corrected chi connectivity index (χ3v) is 9.04. The number of aromatic nitrogens is 1. The van der Waals surface area contributed by atoms with Crippen molar-refractivity contribution < 1.29 is 28.7 Å². The Kier molecular flexibility index (Phi) is 9.36. The van der Waals surface area contributed by atoms with Crippen molar-refractivity contribution >= 4 is 40.7 Å². The molecule has 1 aromatic carbocycles. The molecule has 3 aliphatic rings. The number of benzene rings is 1. The summed E-state index contributed by atoms with van der Waals surface area (Å²) in [7, 11) is 0. The minimum atomic E-state index is -0.968. The van der Waals surface area contributed by atoms with E-state index in [4.69, 9.17) is 14.5 Å². The molecule has 1 aromatic heterocycles. The second-order valence-electron chi connectivity index (χ2n) is 12.7. The zero-order chi connectivity index (χ0) is 31.6. The van der Waals surface area contributed by atoms with Crippen molar-refractivity contribution in [2.45, 2.75) is 78.1 Å².